The Hall–Kier alpha value is -1.71. The fraction of sp³-hybridized carbons (Fsp3) is 0.125. The van der Waals surface area contributed by atoms with Gasteiger partial charge in [0.05, 0.1) is 0 Å². The van der Waals surface area contributed by atoms with Gasteiger partial charge in [0.25, 0.3) is 0 Å². The average molecular weight is 165 g/mol. The third-order valence-corrected chi connectivity index (χ3v) is 1.39. The van der Waals surface area contributed by atoms with Crippen LogP contribution in [0.25, 0.3) is 0 Å². The first-order valence-corrected chi connectivity index (χ1v) is 3.54. The van der Waals surface area contributed by atoms with Crippen molar-refractivity contribution in [2.45, 2.75) is 6.54 Å². The highest BCUT2D eigenvalue weighted by Crippen LogP contribution is 2.09. The van der Waals surface area contributed by atoms with E-state index in [4.69, 9.17) is 16.2 Å². The fourth-order valence-electron chi connectivity index (χ4n) is 0.864. The summed E-state index contributed by atoms with van der Waals surface area (Å²) in [6.07, 6.45) is 0. The largest absolute Gasteiger partial charge is 0.508 e. The number of phenolic OH excluding ortho intramolecular Hbond substituents is 1. The van der Waals surface area contributed by atoms with Crippen LogP contribution in [-0.2, 0) is 6.54 Å². The normalized spacial score (nSPS) is 9.33. The molecule has 1 aromatic rings. The molecule has 5 N–H and O–H groups in total. The summed E-state index contributed by atoms with van der Waals surface area (Å²) in [5.74, 6) is 0.149. The van der Waals surface area contributed by atoms with Crippen LogP contribution in [0.1, 0.15) is 5.56 Å². The molecule has 0 amide bonds. The van der Waals surface area contributed by atoms with Gasteiger partial charge in [0.2, 0.25) is 0 Å². The first-order chi connectivity index (χ1) is 5.68. The Kier molecular flexibility index (Phi) is 2.53. The second-order valence-corrected chi connectivity index (χ2v) is 2.44. The fourth-order valence-corrected chi connectivity index (χ4v) is 0.864. The van der Waals surface area contributed by atoms with Gasteiger partial charge in [0.15, 0.2) is 5.96 Å². The SMILES string of the molecule is N=C(N)NCc1cccc(O)c1. The Bertz CT molecular complexity index is 285. The number of aromatic hydroxyl groups is 1. The molecule has 0 heterocycles. The highest BCUT2D eigenvalue weighted by Gasteiger charge is 1.93. The quantitative estimate of drug-likeness (QED) is 0.377. The molecular formula is C8H11N3O. The van der Waals surface area contributed by atoms with Crippen LogP contribution >= 0.6 is 0 Å². The van der Waals surface area contributed by atoms with E-state index in [0.717, 1.165) is 5.56 Å². The van der Waals surface area contributed by atoms with Crippen molar-refractivity contribution in [1.82, 2.24) is 5.32 Å². The number of phenols is 1. The predicted octanol–water partition coefficient (Wildman–Crippen LogP) is 0.375. The number of nitrogens with two attached hydrogens (primary N) is 1. The summed E-state index contributed by atoms with van der Waals surface area (Å²) in [6, 6.07) is 6.80. The molecular weight excluding hydrogens is 154 g/mol. The van der Waals surface area contributed by atoms with Gasteiger partial charge in [-0.2, -0.15) is 0 Å². The monoisotopic (exact) mass is 165 g/mol. The summed E-state index contributed by atoms with van der Waals surface area (Å²) < 4.78 is 0. The summed E-state index contributed by atoms with van der Waals surface area (Å²) >= 11 is 0. The molecule has 0 radical (unpaired) electrons. The van der Waals surface area contributed by atoms with Gasteiger partial charge in [-0.1, -0.05) is 12.1 Å². The molecule has 4 nitrogen and oxygen atoms in total. The molecule has 12 heavy (non-hydrogen) atoms. The maximum absolute atomic E-state index is 9.07. The minimum atomic E-state index is -0.0710. The summed E-state index contributed by atoms with van der Waals surface area (Å²) in [7, 11) is 0. The van der Waals surface area contributed by atoms with E-state index in [0.29, 0.717) is 6.54 Å². The molecule has 0 aliphatic heterocycles. The Balaban J connectivity index is 2.57. The molecule has 0 saturated heterocycles. The van der Waals surface area contributed by atoms with E-state index in [9.17, 15) is 0 Å². The topological polar surface area (TPSA) is 82.1 Å². The number of nitrogens with one attached hydrogen (secondary N) is 2. The van der Waals surface area contributed by atoms with E-state index in [2.05, 4.69) is 5.32 Å². The number of rotatable bonds is 2. The van der Waals surface area contributed by atoms with Crippen molar-refractivity contribution in [3.05, 3.63) is 29.8 Å². The molecule has 0 fully saturated rings. The van der Waals surface area contributed by atoms with E-state index in [1.54, 1.807) is 18.2 Å². The van der Waals surface area contributed by atoms with Gasteiger partial charge in [-0.15, -0.1) is 0 Å². The van der Waals surface area contributed by atoms with Gasteiger partial charge in [-0.05, 0) is 17.7 Å². The summed E-state index contributed by atoms with van der Waals surface area (Å²) in [5.41, 5.74) is 5.98. The van der Waals surface area contributed by atoms with Gasteiger partial charge < -0.3 is 16.2 Å². The Labute approximate surface area is 70.5 Å². The number of hydrogen-bond donors (Lipinski definition) is 4. The first-order valence-electron chi connectivity index (χ1n) is 3.54. The maximum Gasteiger partial charge on any atom is 0.185 e. The summed E-state index contributed by atoms with van der Waals surface area (Å²) in [6.45, 7) is 0.462. The van der Waals surface area contributed by atoms with E-state index < -0.39 is 0 Å². The lowest BCUT2D eigenvalue weighted by Crippen LogP contribution is -2.29. The van der Waals surface area contributed by atoms with Crippen LogP contribution in [0.3, 0.4) is 0 Å². The average Bonchev–Trinajstić information content (AvgIpc) is 2.01. The van der Waals surface area contributed by atoms with Crippen molar-refractivity contribution in [2.24, 2.45) is 5.73 Å². The minimum absolute atomic E-state index is 0.0710. The molecule has 1 aromatic carbocycles. The molecule has 4 heteroatoms. The predicted molar refractivity (Wildman–Crippen MR) is 46.9 cm³/mol. The number of guanidine groups is 1. The van der Waals surface area contributed by atoms with Crippen molar-refractivity contribution >= 4 is 5.96 Å². The van der Waals surface area contributed by atoms with Crippen LogP contribution < -0.4 is 11.1 Å². The van der Waals surface area contributed by atoms with Crippen molar-refractivity contribution in [3.8, 4) is 5.75 Å². The molecule has 0 atom stereocenters. The Morgan fingerprint density at radius 2 is 2.33 bits per heavy atom. The maximum atomic E-state index is 9.07. The van der Waals surface area contributed by atoms with Crippen LogP contribution in [0, 0.1) is 5.41 Å². The highest BCUT2D eigenvalue weighted by atomic mass is 16.3. The molecule has 0 spiro atoms. The van der Waals surface area contributed by atoms with Crippen LogP contribution in [0.15, 0.2) is 24.3 Å². The molecule has 1 rings (SSSR count). The highest BCUT2D eigenvalue weighted by molar-refractivity contribution is 5.74. The van der Waals surface area contributed by atoms with Gasteiger partial charge in [-0.3, -0.25) is 5.41 Å². The van der Waals surface area contributed by atoms with Crippen molar-refractivity contribution < 1.29 is 5.11 Å². The lowest BCUT2D eigenvalue weighted by Gasteiger charge is -2.03. The van der Waals surface area contributed by atoms with Gasteiger partial charge >= 0.3 is 0 Å². The van der Waals surface area contributed by atoms with Gasteiger partial charge in [0, 0.05) is 6.54 Å². The van der Waals surface area contributed by atoms with Gasteiger partial charge in [-0.25, -0.2) is 0 Å². The van der Waals surface area contributed by atoms with Crippen LogP contribution in [0.4, 0.5) is 0 Å². The molecule has 0 aromatic heterocycles. The van der Waals surface area contributed by atoms with Crippen LogP contribution in [0.5, 0.6) is 5.75 Å². The van der Waals surface area contributed by atoms with Crippen molar-refractivity contribution in [2.75, 3.05) is 0 Å². The Morgan fingerprint density at radius 3 is 2.92 bits per heavy atom. The molecule has 0 aliphatic rings. The third kappa shape index (κ3) is 2.49. The number of benzene rings is 1. The zero-order chi connectivity index (χ0) is 8.97. The molecule has 64 valence electrons. The second kappa shape index (κ2) is 3.61. The van der Waals surface area contributed by atoms with E-state index in [-0.39, 0.29) is 11.7 Å². The van der Waals surface area contributed by atoms with E-state index in [1.165, 1.54) is 0 Å². The second-order valence-electron chi connectivity index (χ2n) is 2.44. The minimum Gasteiger partial charge on any atom is -0.508 e. The van der Waals surface area contributed by atoms with E-state index >= 15 is 0 Å². The zero-order valence-electron chi connectivity index (χ0n) is 6.54. The summed E-state index contributed by atoms with van der Waals surface area (Å²) in [5, 5.41) is 18.6. The van der Waals surface area contributed by atoms with Gasteiger partial charge in [0.1, 0.15) is 5.75 Å². The molecule has 0 saturated carbocycles. The third-order valence-electron chi connectivity index (χ3n) is 1.39. The van der Waals surface area contributed by atoms with E-state index in [1.807, 2.05) is 6.07 Å². The van der Waals surface area contributed by atoms with Crippen LogP contribution in [-0.4, -0.2) is 11.1 Å². The van der Waals surface area contributed by atoms with Crippen molar-refractivity contribution in [3.63, 3.8) is 0 Å². The molecule has 0 bridgehead atoms. The van der Waals surface area contributed by atoms with Crippen LogP contribution in [0.2, 0.25) is 0 Å². The lowest BCUT2D eigenvalue weighted by molar-refractivity contribution is 0.474. The standard InChI is InChI=1S/C8H11N3O/c9-8(10)11-5-6-2-1-3-7(12)4-6/h1-4,12H,5H2,(H4,9,10,11). The lowest BCUT2D eigenvalue weighted by atomic mass is 10.2. The Morgan fingerprint density at radius 1 is 1.58 bits per heavy atom. The summed E-state index contributed by atoms with van der Waals surface area (Å²) in [4.78, 5) is 0. The molecule has 0 aliphatic carbocycles. The number of hydrogen-bond acceptors (Lipinski definition) is 2. The first kappa shape index (κ1) is 8.39. The van der Waals surface area contributed by atoms with Crippen molar-refractivity contribution in [1.29, 1.82) is 5.41 Å². The zero-order valence-corrected chi connectivity index (χ0v) is 6.54. The molecule has 0 unspecified atom stereocenters. The smallest absolute Gasteiger partial charge is 0.185 e.